The van der Waals surface area contributed by atoms with Gasteiger partial charge in [-0.15, -0.1) is 10.2 Å². The molecule has 0 atom stereocenters. The number of carboxylic acid groups (broad SMARTS) is 1. The predicted molar refractivity (Wildman–Crippen MR) is 79.1 cm³/mol. The number of fused-ring (bicyclic) bond motifs is 2. The second-order valence-electron chi connectivity index (χ2n) is 5.23. The Bertz CT molecular complexity index is 607. The molecule has 0 radical (unpaired) electrons. The molecule has 21 heavy (non-hydrogen) atoms. The van der Waals surface area contributed by atoms with Crippen molar-refractivity contribution in [1.29, 1.82) is 0 Å². The molecule has 1 aliphatic heterocycles. The lowest BCUT2D eigenvalue weighted by atomic mass is 10.0. The average molecular weight is 288 g/mol. The lowest BCUT2D eigenvalue weighted by Gasteiger charge is -2.12. The highest BCUT2D eigenvalue weighted by Crippen LogP contribution is 2.19. The Morgan fingerprint density at radius 2 is 1.90 bits per heavy atom. The number of aromatic nitrogens is 3. The highest BCUT2D eigenvalue weighted by molar-refractivity contribution is 5.32. The molecule has 6 nitrogen and oxygen atoms in total. The van der Waals surface area contributed by atoms with E-state index < -0.39 is 0 Å². The Morgan fingerprint density at radius 1 is 1.24 bits per heavy atom. The smallest absolute Gasteiger partial charge is 0.290 e. The topological polar surface area (TPSA) is 71.2 Å². The molecule has 0 aliphatic carbocycles. The molecular formula is C15H20N4O2. The fourth-order valence-electron chi connectivity index (χ4n) is 2.51. The molecule has 1 N–H and O–H groups in total. The van der Waals surface area contributed by atoms with Crippen molar-refractivity contribution in [3.8, 4) is 0 Å². The zero-order valence-corrected chi connectivity index (χ0v) is 12.4. The third-order valence-corrected chi connectivity index (χ3v) is 3.43. The van der Waals surface area contributed by atoms with Gasteiger partial charge in [0.25, 0.3) is 6.47 Å². The van der Waals surface area contributed by atoms with Crippen LogP contribution in [-0.4, -0.2) is 45.3 Å². The molecule has 0 amide bonds. The molecule has 0 spiro atoms. The number of rotatable bonds is 2. The first-order valence-corrected chi connectivity index (χ1v) is 6.86. The molecule has 3 rings (SSSR count). The van der Waals surface area contributed by atoms with Crippen LogP contribution in [0, 0.1) is 0 Å². The van der Waals surface area contributed by atoms with E-state index in [4.69, 9.17) is 9.90 Å². The van der Waals surface area contributed by atoms with Crippen LogP contribution in [-0.2, 0) is 30.7 Å². The van der Waals surface area contributed by atoms with Gasteiger partial charge in [-0.3, -0.25) is 4.79 Å². The Balaban J connectivity index is 0.000000497. The maximum Gasteiger partial charge on any atom is 0.290 e. The van der Waals surface area contributed by atoms with Crippen molar-refractivity contribution in [3.63, 3.8) is 0 Å². The van der Waals surface area contributed by atoms with Gasteiger partial charge in [0.15, 0.2) is 0 Å². The van der Waals surface area contributed by atoms with Crippen LogP contribution in [0.5, 0.6) is 0 Å². The SMILES string of the molecule is CN(C)Cc1nnc2n1Cc1ccccc1CC2.O=CO. The summed E-state index contributed by atoms with van der Waals surface area (Å²) in [7, 11) is 4.12. The van der Waals surface area contributed by atoms with E-state index in [0.29, 0.717) is 0 Å². The minimum atomic E-state index is -0.250. The molecule has 112 valence electrons. The van der Waals surface area contributed by atoms with E-state index in [1.54, 1.807) is 0 Å². The molecule has 1 aromatic heterocycles. The highest BCUT2D eigenvalue weighted by atomic mass is 16.3. The van der Waals surface area contributed by atoms with Gasteiger partial charge < -0.3 is 14.6 Å². The van der Waals surface area contributed by atoms with Gasteiger partial charge in [-0.25, -0.2) is 0 Å². The second kappa shape index (κ2) is 6.99. The summed E-state index contributed by atoms with van der Waals surface area (Å²) in [6, 6.07) is 8.66. The molecule has 0 unspecified atom stereocenters. The van der Waals surface area contributed by atoms with Gasteiger partial charge in [0.1, 0.15) is 11.6 Å². The Labute approximate surface area is 124 Å². The molecule has 0 saturated heterocycles. The van der Waals surface area contributed by atoms with E-state index in [9.17, 15) is 0 Å². The summed E-state index contributed by atoms with van der Waals surface area (Å²) in [5, 5.41) is 15.6. The predicted octanol–water partition coefficient (Wildman–Crippen LogP) is 1.19. The molecule has 0 saturated carbocycles. The minimum absolute atomic E-state index is 0.250. The van der Waals surface area contributed by atoms with Gasteiger partial charge in [0.05, 0.1) is 13.1 Å². The average Bonchev–Trinajstić information content (AvgIpc) is 2.71. The van der Waals surface area contributed by atoms with Crippen molar-refractivity contribution in [2.45, 2.75) is 25.9 Å². The van der Waals surface area contributed by atoms with E-state index in [1.807, 2.05) is 0 Å². The van der Waals surface area contributed by atoms with E-state index in [1.165, 1.54) is 11.1 Å². The molecule has 1 aliphatic rings. The maximum atomic E-state index is 8.36. The summed E-state index contributed by atoms with van der Waals surface area (Å²) in [4.78, 5) is 10.5. The van der Waals surface area contributed by atoms with Gasteiger partial charge >= 0.3 is 0 Å². The maximum absolute atomic E-state index is 8.36. The quantitative estimate of drug-likeness (QED) is 0.840. The normalized spacial score (nSPS) is 12.7. The minimum Gasteiger partial charge on any atom is -0.483 e. The first-order chi connectivity index (χ1) is 10.2. The van der Waals surface area contributed by atoms with Crippen LogP contribution in [0.4, 0.5) is 0 Å². The number of aryl methyl sites for hydroxylation is 2. The van der Waals surface area contributed by atoms with Gasteiger partial charge in [0, 0.05) is 6.42 Å². The summed E-state index contributed by atoms with van der Waals surface area (Å²) in [6.07, 6.45) is 2.05. The first kappa shape index (κ1) is 15.2. The zero-order chi connectivity index (χ0) is 15.2. The highest BCUT2D eigenvalue weighted by Gasteiger charge is 2.17. The van der Waals surface area contributed by atoms with Crippen LogP contribution < -0.4 is 0 Å². The third-order valence-electron chi connectivity index (χ3n) is 3.43. The molecule has 1 aromatic carbocycles. The standard InChI is InChI=1S/C14H18N4.CH2O2/c1-17(2)10-14-16-15-13-8-7-11-5-3-4-6-12(11)9-18(13)14;2-1-3/h3-6H,7-10H2,1-2H3;1H,(H,2,3). The summed E-state index contributed by atoms with van der Waals surface area (Å²) in [6.45, 7) is 1.50. The summed E-state index contributed by atoms with van der Waals surface area (Å²) < 4.78 is 2.27. The molecule has 0 fully saturated rings. The van der Waals surface area contributed by atoms with Crippen molar-refractivity contribution in [1.82, 2.24) is 19.7 Å². The van der Waals surface area contributed by atoms with E-state index >= 15 is 0 Å². The van der Waals surface area contributed by atoms with Crippen LogP contribution >= 0.6 is 0 Å². The van der Waals surface area contributed by atoms with Crippen LogP contribution in [0.3, 0.4) is 0 Å². The van der Waals surface area contributed by atoms with Gasteiger partial charge in [-0.05, 0) is 31.6 Å². The van der Waals surface area contributed by atoms with Gasteiger partial charge in [0.2, 0.25) is 0 Å². The summed E-state index contributed by atoms with van der Waals surface area (Å²) >= 11 is 0. The lowest BCUT2D eigenvalue weighted by molar-refractivity contribution is -0.122. The molecule has 2 heterocycles. The number of nitrogens with zero attached hydrogens (tertiary/aromatic N) is 4. The first-order valence-electron chi connectivity index (χ1n) is 6.86. The van der Waals surface area contributed by atoms with Crippen molar-refractivity contribution < 1.29 is 9.90 Å². The zero-order valence-electron chi connectivity index (χ0n) is 12.4. The fraction of sp³-hybridized carbons (Fsp3) is 0.400. The molecule has 2 aromatic rings. The number of hydrogen-bond acceptors (Lipinski definition) is 4. The molecule has 0 bridgehead atoms. The summed E-state index contributed by atoms with van der Waals surface area (Å²) in [5.74, 6) is 2.18. The summed E-state index contributed by atoms with van der Waals surface area (Å²) in [5.41, 5.74) is 2.84. The monoisotopic (exact) mass is 288 g/mol. The Hall–Kier alpha value is -2.21. The molecule has 6 heteroatoms. The number of carbonyl (C=O) groups is 1. The van der Waals surface area contributed by atoms with Crippen molar-refractivity contribution in [2.24, 2.45) is 0 Å². The van der Waals surface area contributed by atoms with E-state index in [2.05, 4.69) is 58.0 Å². The van der Waals surface area contributed by atoms with Crippen LogP contribution in [0.1, 0.15) is 22.8 Å². The van der Waals surface area contributed by atoms with Crippen molar-refractivity contribution >= 4 is 6.47 Å². The van der Waals surface area contributed by atoms with Crippen LogP contribution in [0.25, 0.3) is 0 Å². The van der Waals surface area contributed by atoms with Crippen LogP contribution in [0.2, 0.25) is 0 Å². The van der Waals surface area contributed by atoms with Crippen molar-refractivity contribution in [3.05, 3.63) is 47.0 Å². The Kier molecular flexibility index (Phi) is 5.05. The van der Waals surface area contributed by atoms with E-state index in [-0.39, 0.29) is 6.47 Å². The number of hydrogen-bond donors (Lipinski definition) is 1. The van der Waals surface area contributed by atoms with E-state index in [0.717, 1.165) is 37.6 Å². The second-order valence-corrected chi connectivity index (χ2v) is 5.23. The van der Waals surface area contributed by atoms with Crippen LogP contribution in [0.15, 0.2) is 24.3 Å². The van der Waals surface area contributed by atoms with Gasteiger partial charge in [-0.2, -0.15) is 0 Å². The Morgan fingerprint density at radius 3 is 2.57 bits per heavy atom. The molecular weight excluding hydrogens is 268 g/mol. The fourth-order valence-corrected chi connectivity index (χ4v) is 2.51. The van der Waals surface area contributed by atoms with Crippen molar-refractivity contribution in [2.75, 3.05) is 14.1 Å². The van der Waals surface area contributed by atoms with Gasteiger partial charge in [-0.1, -0.05) is 24.3 Å². The number of benzene rings is 1. The third kappa shape index (κ3) is 3.66. The largest absolute Gasteiger partial charge is 0.483 e. The lowest BCUT2D eigenvalue weighted by Crippen LogP contribution is -2.16.